The molecule has 1 aliphatic rings. The van der Waals surface area contributed by atoms with Crippen molar-refractivity contribution in [1.29, 1.82) is 0 Å². The SMILES string of the molecule is COc1ccc(C(=O)N2CCN(C)CC2)cc1NC(=O)CCNC(=O)c1ccc(F)cc1F. The number of nitrogens with one attached hydrogen (secondary N) is 2. The van der Waals surface area contributed by atoms with Crippen LogP contribution in [0, 0.1) is 11.6 Å². The normalized spacial score (nSPS) is 14.0. The third-order valence-corrected chi connectivity index (χ3v) is 5.32. The van der Waals surface area contributed by atoms with Crippen molar-refractivity contribution >= 4 is 23.4 Å². The summed E-state index contributed by atoms with van der Waals surface area (Å²) in [5.74, 6) is -2.70. The molecule has 1 aliphatic heterocycles. The van der Waals surface area contributed by atoms with Crippen LogP contribution in [0.1, 0.15) is 27.1 Å². The first kappa shape index (κ1) is 24.1. The minimum atomic E-state index is -0.983. The smallest absolute Gasteiger partial charge is 0.254 e. The largest absolute Gasteiger partial charge is 0.495 e. The monoisotopic (exact) mass is 460 g/mol. The van der Waals surface area contributed by atoms with Crippen molar-refractivity contribution in [3.05, 3.63) is 59.2 Å². The van der Waals surface area contributed by atoms with E-state index in [1.54, 1.807) is 23.1 Å². The van der Waals surface area contributed by atoms with Gasteiger partial charge in [0.15, 0.2) is 0 Å². The molecule has 0 unspecified atom stereocenters. The molecule has 3 amide bonds. The zero-order valence-corrected chi connectivity index (χ0v) is 18.5. The number of likely N-dealkylation sites (N-methyl/N-ethyl adjacent to an activating group) is 1. The predicted molar refractivity (Wildman–Crippen MR) is 118 cm³/mol. The highest BCUT2D eigenvalue weighted by Gasteiger charge is 2.21. The third kappa shape index (κ3) is 6.26. The molecule has 1 saturated heterocycles. The number of benzene rings is 2. The van der Waals surface area contributed by atoms with Crippen LogP contribution < -0.4 is 15.4 Å². The molecule has 1 heterocycles. The molecular weight excluding hydrogens is 434 g/mol. The molecule has 8 nitrogen and oxygen atoms in total. The molecule has 3 rings (SSSR count). The topological polar surface area (TPSA) is 91.0 Å². The van der Waals surface area contributed by atoms with Crippen LogP contribution in [0.5, 0.6) is 5.75 Å². The maximum absolute atomic E-state index is 13.7. The molecule has 0 spiro atoms. The fourth-order valence-corrected chi connectivity index (χ4v) is 3.40. The lowest BCUT2D eigenvalue weighted by Crippen LogP contribution is -2.47. The third-order valence-electron chi connectivity index (χ3n) is 5.32. The van der Waals surface area contributed by atoms with E-state index in [0.29, 0.717) is 36.2 Å². The van der Waals surface area contributed by atoms with Crippen molar-refractivity contribution in [2.75, 3.05) is 52.2 Å². The summed E-state index contributed by atoms with van der Waals surface area (Å²) in [6, 6.07) is 7.44. The Morgan fingerprint density at radius 1 is 1.03 bits per heavy atom. The molecule has 0 aromatic heterocycles. The number of hydrogen-bond donors (Lipinski definition) is 2. The first-order valence-corrected chi connectivity index (χ1v) is 10.5. The van der Waals surface area contributed by atoms with Gasteiger partial charge < -0.3 is 25.2 Å². The molecule has 10 heteroatoms. The van der Waals surface area contributed by atoms with E-state index in [1.807, 2.05) is 7.05 Å². The molecule has 0 saturated carbocycles. The summed E-state index contributed by atoms with van der Waals surface area (Å²) in [6.07, 6.45) is -0.103. The Balaban J connectivity index is 1.58. The minimum Gasteiger partial charge on any atom is -0.495 e. The number of halogens is 2. The van der Waals surface area contributed by atoms with Crippen LogP contribution in [-0.2, 0) is 4.79 Å². The molecule has 0 atom stereocenters. The number of carbonyl (C=O) groups is 3. The maximum atomic E-state index is 13.7. The van der Waals surface area contributed by atoms with Crippen molar-refractivity contribution < 1.29 is 27.9 Å². The average Bonchev–Trinajstić information content (AvgIpc) is 2.79. The summed E-state index contributed by atoms with van der Waals surface area (Å²) in [5.41, 5.74) is 0.447. The number of piperazine rings is 1. The van der Waals surface area contributed by atoms with E-state index in [4.69, 9.17) is 4.74 Å². The first-order chi connectivity index (χ1) is 15.8. The summed E-state index contributed by atoms with van der Waals surface area (Å²) < 4.78 is 31.9. The van der Waals surface area contributed by atoms with Crippen LogP contribution in [0.15, 0.2) is 36.4 Å². The Morgan fingerprint density at radius 2 is 1.76 bits per heavy atom. The fourth-order valence-electron chi connectivity index (χ4n) is 3.40. The van der Waals surface area contributed by atoms with E-state index >= 15 is 0 Å². The van der Waals surface area contributed by atoms with Gasteiger partial charge in [0.1, 0.15) is 17.4 Å². The number of anilines is 1. The van der Waals surface area contributed by atoms with Gasteiger partial charge in [-0.25, -0.2) is 8.78 Å². The van der Waals surface area contributed by atoms with Gasteiger partial charge in [-0.15, -0.1) is 0 Å². The Bertz CT molecular complexity index is 1040. The zero-order chi connectivity index (χ0) is 24.0. The van der Waals surface area contributed by atoms with Gasteiger partial charge in [0.2, 0.25) is 5.91 Å². The van der Waals surface area contributed by atoms with Gasteiger partial charge >= 0.3 is 0 Å². The summed E-state index contributed by atoms with van der Waals surface area (Å²) in [4.78, 5) is 41.2. The number of hydrogen-bond acceptors (Lipinski definition) is 5. The quantitative estimate of drug-likeness (QED) is 0.661. The van der Waals surface area contributed by atoms with Crippen LogP contribution in [0.2, 0.25) is 0 Å². The zero-order valence-electron chi connectivity index (χ0n) is 18.5. The summed E-state index contributed by atoms with van der Waals surface area (Å²) >= 11 is 0. The number of amides is 3. The summed E-state index contributed by atoms with van der Waals surface area (Å²) in [6.45, 7) is 2.76. The Hall–Kier alpha value is -3.53. The Morgan fingerprint density at radius 3 is 2.42 bits per heavy atom. The van der Waals surface area contributed by atoms with Gasteiger partial charge in [0.25, 0.3) is 11.8 Å². The second-order valence-electron chi connectivity index (χ2n) is 7.69. The molecule has 0 bridgehead atoms. The van der Waals surface area contributed by atoms with Crippen molar-refractivity contribution in [2.24, 2.45) is 0 Å². The van der Waals surface area contributed by atoms with Gasteiger partial charge in [0, 0.05) is 50.8 Å². The molecule has 176 valence electrons. The number of nitrogens with zero attached hydrogens (tertiary/aromatic N) is 2. The van der Waals surface area contributed by atoms with E-state index in [1.165, 1.54) is 7.11 Å². The number of ether oxygens (including phenoxy) is 1. The fraction of sp³-hybridized carbons (Fsp3) is 0.348. The standard InChI is InChI=1S/C23H26F2N4O4/c1-28-9-11-29(12-10-28)23(32)15-3-6-20(33-2)19(13-15)27-21(30)7-8-26-22(31)17-5-4-16(24)14-18(17)25/h3-6,13-14H,7-12H2,1-2H3,(H,26,31)(H,27,30). The molecule has 33 heavy (non-hydrogen) atoms. The molecular formula is C23H26F2N4O4. The van der Waals surface area contributed by atoms with E-state index < -0.39 is 23.4 Å². The van der Waals surface area contributed by atoms with Crippen LogP contribution in [-0.4, -0.2) is 74.4 Å². The molecule has 0 aliphatic carbocycles. The van der Waals surface area contributed by atoms with Crippen molar-refractivity contribution in [1.82, 2.24) is 15.1 Å². The van der Waals surface area contributed by atoms with E-state index in [0.717, 1.165) is 25.2 Å². The molecule has 2 N–H and O–H groups in total. The van der Waals surface area contributed by atoms with Crippen molar-refractivity contribution in [3.63, 3.8) is 0 Å². The van der Waals surface area contributed by atoms with Crippen molar-refractivity contribution in [2.45, 2.75) is 6.42 Å². The second-order valence-corrected chi connectivity index (χ2v) is 7.69. The van der Waals surface area contributed by atoms with Gasteiger partial charge in [-0.05, 0) is 37.4 Å². The highest BCUT2D eigenvalue weighted by Crippen LogP contribution is 2.26. The van der Waals surface area contributed by atoms with Crippen LogP contribution in [0.25, 0.3) is 0 Å². The van der Waals surface area contributed by atoms with Gasteiger partial charge in [-0.2, -0.15) is 0 Å². The average molecular weight is 460 g/mol. The number of carbonyl (C=O) groups excluding carboxylic acids is 3. The lowest BCUT2D eigenvalue weighted by molar-refractivity contribution is -0.116. The highest BCUT2D eigenvalue weighted by atomic mass is 19.1. The lowest BCUT2D eigenvalue weighted by Gasteiger charge is -2.32. The van der Waals surface area contributed by atoms with Crippen LogP contribution >= 0.6 is 0 Å². The number of rotatable bonds is 7. The molecule has 2 aromatic rings. The Labute approximate surface area is 190 Å². The number of methoxy groups -OCH3 is 1. The summed E-state index contributed by atoms with van der Waals surface area (Å²) in [7, 11) is 3.45. The van der Waals surface area contributed by atoms with Crippen LogP contribution in [0.4, 0.5) is 14.5 Å². The predicted octanol–water partition coefficient (Wildman–Crippen LogP) is 2.12. The van der Waals surface area contributed by atoms with E-state index in [9.17, 15) is 23.2 Å². The van der Waals surface area contributed by atoms with Gasteiger partial charge in [0.05, 0.1) is 18.4 Å². The first-order valence-electron chi connectivity index (χ1n) is 10.5. The van der Waals surface area contributed by atoms with Crippen LogP contribution in [0.3, 0.4) is 0 Å². The molecule has 0 radical (unpaired) electrons. The highest BCUT2D eigenvalue weighted by molar-refractivity contribution is 5.99. The maximum Gasteiger partial charge on any atom is 0.254 e. The van der Waals surface area contributed by atoms with Gasteiger partial charge in [-0.3, -0.25) is 14.4 Å². The van der Waals surface area contributed by atoms with E-state index in [2.05, 4.69) is 15.5 Å². The second kappa shape index (κ2) is 10.9. The summed E-state index contributed by atoms with van der Waals surface area (Å²) in [5, 5.41) is 5.10. The lowest BCUT2D eigenvalue weighted by atomic mass is 10.1. The molecule has 2 aromatic carbocycles. The van der Waals surface area contributed by atoms with Gasteiger partial charge in [-0.1, -0.05) is 0 Å². The molecule has 1 fully saturated rings. The minimum absolute atomic E-state index is 0.0658. The van der Waals surface area contributed by atoms with E-state index in [-0.39, 0.29) is 24.4 Å². The Kier molecular flexibility index (Phi) is 7.94. The van der Waals surface area contributed by atoms with Crippen molar-refractivity contribution in [3.8, 4) is 5.75 Å².